The Kier molecular flexibility index (Phi) is 17.1. The predicted octanol–water partition coefficient (Wildman–Crippen LogP) is 1.21. The van der Waals surface area contributed by atoms with Gasteiger partial charge in [0.25, 0.3) is 0 Å². The fourth-order valence-electron chi connectivity index (χ4n) is 1.85. The summed E-state index contributed by atoms with van der Waals surface area (Å²) in [5, 5.41) is 17.4. The van der Waals surface area contributed by atoms with Crippen LogP contribution in [0.5, 0.6) is 0 Å². The van der Waals surface area contributed by atoms with Gasteiger partial charge in [0.15, 0.2) is 16.1 Å². The summed E-state index contributed by atoms with van der Waals surface area (Å²) in [6, 6.07) is 1.19. The van der Waals surface area contributed by atoms with Crippen molar-refractivity contribution in [2.24, 2.45) is 0 Å². The Labute approximate surface area is 125 Å². The third-order valence-corrected chi connectivity index (χ3v) is 4.25. The van der Waals surface area contributed by atoms with Crippen LogP contribution in [0.3, 0.4) is 0 Å². The van der Waals surface area contributed by atoms with Crippen LogP contribution in [-0.4, -0.2) is 59.3 Å². The minimum absolute atomic E-state index is 0.0336. The van der Waals surface area contributed by atoms with Crippen LogP contribution < -0.4 is 0 Å². The first-order valence-corrected chi connectivity index (χ1v) is 9.45. The van der Waals surface area contributed by atoms with Gasteiger partial charge in [-0.15, -0.1) is 0 Å². The van der Waals surface area contributed by atoms with Crippen molar-refractivity contribution in [3.63, 3.8) is 0 Å². The molecule has 0 aromatic heterocycles. The zero-order valence-electron chi connectivity index (χ0n) is 12.9. The molecule has 0 amide bonds. The topological polar surface area (TPSA) is 68.2 Å². The molecule has 0 aliphatic carbocycles. The standard InChI is InChI=1S/C14H32O5Si/c1-2-3-4-5-6-7-12-20-19-13-14(17-10-8-15)18-11-9-16/h14-16H,2-13,20H2,1H3. The van der Waals surface area contributed by atoms with Crippen LogP contribution in [0, 0.1) is 0 Å². The lowest BCUT2D eigenvalue weighted by Crippen LogP contribution is -2.27. The minimum Gasteiger partial charge on any atom is -0.419 e. The van der Waals surface area contributed by atoms with Crippen molar-refractivity contribution in [2.45, 2.75) is 57.8 Å². The second kappa shape index (κ2) is 17.1. The van der Waals surface area contributed by atoms with Crippen LogP contribution in [0.4, 0.5) is 0 Å². The van der Waals surface area contributed by atoms with Crippen molar-refractivity contribution in [3.8, 4) is 0 Å². The van der Waals surface area contributed by atoms with E-state index in [0.29, 0.717) is 6.61 Å². The lowest BCUT2D eigenvalue weighted by atomic mass is 10.1. The fraction of sp³-hybridized carbons (Fsp3) is 1.00. The van der Waals surface area contributed by atoms with Gasteiger partial charge in [0.2, 0.25) is 0 Å². The van der Waals surface area contributed by atoms with E-state index < -0.39 is 16.1 Å². The molecule has 0 spiro atoms. The molecule has 0 unspecified atom stereocenters. The van der Waals surface area contributed by atoms with Crippen molar-refractivity contribution >= 4 is 9.76 Å². The van der Waals surface area contributed by atoms with Gasteiger partial charge in [-0.05, 0) is 6.04 Å². The molecule has 0 saturated heterocycles. The van der Waals surface area contributed by atoms with E-state index in [9.17, 15) is 0 Å². The SMILES string of the molecule is CCCCCCCC[SiH2]OCC(OCCO)OCCO. The van der Waals surface area contributed by atoms with Crippen molar-refractivity contribution in [1.29, 1.82) is 0 Å². The Morgan fingerprint density at radius 3 is 2.10 bits per heavy atom. The van der Waals surface area contributed by atoms with E-state index >= 15 is 0 Å². The number of aliphatic hydroxyl groups is 2. The summed E-state index contributed by atoms with van der Waals surface area (Å²) in [5.41, 5.74) is 0. The molecule has 6 heteroatoms. The van der Waals surface area contributed by atoms with E-state index in [1.54, 1.807) is 0 Å². The van der Waals surface area contributed by atoms with E-state index in [4.69, 9.17) is 24.1 Å². The summed E-state index contributed by atoms with van der Waals surface area (Å²) >= 11 is 0. The maximum absolute atomic E-state index is 8.71. The molecule has 0 atom stereocenters. The molecule has 0 radical (unpaired) electrons. The lowest BCUT2D eigenvalue weighted by molar-refractivity contribution is -0.166. The zero-order valence-corrected chi connectivity index (χ0v) is 14.3. The summed E-state index contributed by atoms with van der Waals surface area (Å²) < 4.78 is 16.2. The number of hydrogen-bond acceptors (Lipinski definition) is 5. The fourth-order valence-corrected chi connectivity index (χ4v) is 2.97. The van der Waals surface area contributed by atoms with E-state index in [0.717, 1.165) is 0 Å². The molecular weight excluding hydrogens is 276 g/mol. The number of ether oxygens (including phenoxy) is 2. The third-order valence-electron chi connectivity index (χ3n) is 2.94. The summed E-state index contributed by atoms with van der Waals surface area (Å²) in [6.45, 7) is 3.04. The van der Waals surface area contributed by atoms with Crippen LogP contribution in [0.15, 0.2) is 0 Å². The molecule has 0 aromatic rings. The van der Waals surface area contributed by atoms with Crippen LogP contribution in [-0.2, 0) is 13.9 Å². The third kappa shape index (κ3) is 14.4. The summed E-state index contributed by atoms with van der Waals surface area (Å²) in [5.74, 6) is 0. The first-order valence-electron chi connectivity index (χ1n) is 7.87. The smallest absolute Gasteiger partial charge is 0.179 e. The van der Waals surface area contributed by atoms with Gasteiger partial charge in [-0.3, -0.25) is 0 Å². The molecule has 0 saturated carbocycles. The maximum Gasteiger partial charge on any atom is 0.179 e. The normalized spacial score (nSPS) is 12.0. The predicted molar refractivity (Wildman–Crippen MR) is 82.5 cm³/mol. The summed E-state index contributed by atoms with van der Waals surface area (Å²) in [6.07, 6.45) is 7.43. The van der Waals surface area contributed by atoms with Crippen molar-refractivity contribution in [3.05, 3.63) is 0 Å². The van der Waals surface area contributed by atoms with Crippen LogP contribution >= 0.6 is 0 Å². The van der Waals surface area contributed by atoms with Gasteiger partial charge >= 0.3 is 0 Å². The number of aliphatic hydroxyl groups excluding tert-OH is 2. The van der Waals surface area contributed by atoms with E-state index in [-0.39, 0.29) is 26.4 Å². The molecule has 0 fully saturated rings. The largest absolute Gasteiger partial charge is 0.419 e. The van der Waals surface area contributed by atoms with Crippen LogP contribution in [0.25, 0.3) is 0 Å². The quantitative estimate of drug-likeness (QED) is 0.255. The molecule has 5 nitrogen and oxygen atoms in total. The molecule has 0 rings (SSSR count). The molecule has 20 heavy (non-hydrogen) atoms. The van der Waals surface area contributed by atoms with Gasteiger partial charge in [0.1, 0.15) is 0 Å². The Hall–Kier alpha value is 0.0169. The Morgan fingerprint density at radius 2 is 1.50 bits per heavy atom. The molecule has 0 aliphatic rings. The number of unbranched alkanes of at least 4 members (excludes halogenated alkanes) is 5. The first-order chi connectivity index (χ1) is 9.85. The number of hydrogen-bond donors (Lipinski definition) is 2. The van der Waals surface area contributed by atoms with E-state index in [2.05, 4.69) is 6.92 Å². The molecule has 0 aliphatic heterocycles. The van der Waals surface area contributed by atoms with Gasteiger partial charge in [-0.1, -0.05) is 45.4 Å². The van der Waals surface area contributed by atoms with Crippen molar-refractivity contribution < 1.29 is 24.1 Å². The van der Waals surface area contributed by atoms with Crippen molar-refractivity contribution in [1.82, 2.24) is 0 Å². The average molecular weight is 308 g/mol. The maximum atomic E-state index is 8.71. The van der Waals surface area contributed by atoms with Crippen LogP contribution in [0.2, 0.25) is 6.04 Å². The van der Waals surface area contributed by atoms with Gasteiger partial charge in [-0.25, -0.2) is 0 Å². The van der Waals surface area contributed by atoms with Gasteiger partial charge in [0, 0.05) is 0 Å². The Balaban J connectivity index is 3.38. The highest BCUT2D eigenvalue weighted by Gasteiger charge is 2.08. The summed E-state index contributed by atoms with van der Waals surface area (Å²) in [4.78, 5) is 0. The molecule has 0 aromatic carbocycles. The van der Waals surface area contributed by atoms with Gasteiger partial charge in [0.05, 0.1) is 33.0 Å². The Morgan fingerprint density at radius 1 is 0.900 bits per heavy atom. The molecule has 2 N–H and O–H groups in total. The highest BCUT2D eigenvalue weighted by molar-refractivity contribution is 6.26. The average Bonchev–Trinajstić information content (AvgIpc) is 2.47. The van der Waals surface area contributed by atoms with E-state index in [1.165, 1.54) is 44.6 Å². The number of rotatable bonds is 16. The second-order valence-corrected chi connectivity index (χ2v) is 6.34. The highest BCUT2D eigenvalue weighted by atomic mass is 28.2. The molecule has 0 bridgehead atoms. The molecule has 0 heterocycles. The monoisotopic (exact) mass is 308 g/mol. The first kappa shape index (κ1) is 20.0. The van der Waals surface area contributed by atoms with Gasteiger partial charge in [-0.2, -0.15) is 0 Å². The highest BCUT2D eigenvalue weighted by Crippen LogP contribution is 2.07. The van der Waals surface area contributed by atoms with E-state index in [1.807, 2.05) is 0 Å². The Bertz CT molecular complexity index is 175. The van der Waals surface area contributed by atoms with Crippen LogP contribution in [0.1, 0.15) is 45.4 Å². The second-order valence-electron chi connectivity index (χ2n) is 4.81. The molecular formula is C14H32O5Si. The zero-order chi connectivity index (χ0) is 14.9. The molecule has 122 valence electrons. The minimum atomic E-state index is -0.502. The lowest BCUT2D eigenvalue weighted by Gasteiger charge is -2.17. The summed E-state index contributed by atoms with van der Waals surface area (Å²) in [7, 11) is -0.502. The van der Waals surface area contributed by atoms with Gasteiger partial charge < -0.3 is 24.1 Å². The van der Waals surface area contributed by atoms with Crippen molar-refractivity contribution in [2.75, 3.05) is 33.0 Å².